The number of H-pyrrole nitrogens is 2. The number of fused-ring (bicyclic) bond motifs is 6. The van der Waals surface area contributed by atoms with Crippen LogP contribution < -0.4 is 24.2 Å². The Hall–Kier alpha value is -6.05. The predicted octanol–water partition coefficient (Wildman–Crippen LogP) is 14.9. The Balaban J connectivity index is 0.00000142. The van der Waals surface area contributed by atoms with Crippen LogP contribution in [0.5, 0.6) is 11.5 Å². The van der Waals surface area contributed by atoms with Crippen molar-refractivity contribution in [1.29, 1.82) is 0 Å². The number of para-hydroxylation sites is 2. The molecule has 2 heterocycles. The van der Waals surface area contributed by atoms with Crippen molar-refractivity contribution in [2.75, 3.05) is 61.3 Å². The highest BCUT2D eigenvalue weighted by atomic mass is 35.5. The second kappa shape index (κ2) is 32.9. The molecule has 14 nitrogen and oxygen atoms in total. The number of hydrogen-bond acceptors (Lipinski definition) is 10. The van der Waals surface area contributed by atoms with Crippen LogP contribution in [0.25, 0.3) is 43.6 Å². The lowest BCUT2D eigenvalue weighted by atomic mass is 10.1. The lowest BCUT2D eigenvalue weighted by Gasteiger charge is -2.26. The number of nitrogens with zero attached hydrogens (tertiary/aromatic N) is 1. The molecule has 0 radical (unpaired) electrons. The maximum Gasteiger partial charge on any atom is 0.229 e. The molecule has 19 heteroatoms. The maximum atomic E-state index is 11.7. The highest BCUT2D eigenvalue weighted by Gasteiger charge is 2.18. The Morgan fingerprint density at radius 2 is 0.962 bits per heavy atom. The highest BCUT2D eigenvalue weighted by molar-refractivity contribution is 7.92. The van der Waals surface area contributed by atoms with E-state index < -0.39 is 32.3 Å². The third-order valence-corrected chi connectivity index (χ3v) is 13.4. The lowest BCUT2D eigenvalue weighted by molar-refractivity contribution is 0.0986. The average molecular weight is 1190 g/mol. The molecule has 0 fully saturated rings. The third-order valence-electron chi connectivity index (χ3n) is 11.5. The van der Waals surface area contributed by atoms with E-state index in [4.69, 9.17) is 32.7 Å². The zero-order valence-electron chi connectivity index (χ0n) is 39.3. The van der Waals surface area contributed by atoms with E-state index in [1.165, 1.54) is 16.8 Å². The Labute approximate surface area is 486 Å². The minimum atomic E-state index is -3.51. The van der Waals surface area contributed by atoms with E-state index in [1.807, 2.05) is 91.0 Å². The number of anilines is 2. The normalized spacial score (nSPS) is 11.5. The summed E-state index contributed by atoms with van der Waals surface area (Å²) >= 11 is 12.2. The minimum absolute atomic E-state index is 0. The summed E-state index contributed by atoms with van der Waals surface area (Å²) in [7, 11) is -6.98. The van der Waals surface area contributed by atoms with Gasteiger partial charge in [-0.3, -0.25) is 14.3 Å². The summed E-state index contributed by atoms with van der Waals surface area (Å²) in [5, 5.41) is 29.8. The van der Waals surface area contributed by atoms with Crippen LogP contribution in [0.1, 0.15) is 80.9 Å². The zero-order valence-corrected chi connectivity index (χ0v) is 43.3. The fourth-order valence-electron chi connectivity index (χ4n) is 8.22. The first kappa shape index (κ1) is 73.0. The number of halogens is 3. The van der Waals surface area contributed by atoms with E-state index in [0.29, 0.717) is 50.5 Å². The number of aromatic amines is 2. The largest absolute Gasteiger partial charge is 0.492 e. The van der Waals surface area contributed by atoms with Gasteiger partial charge in [-0.2, -0.15) is 0 Å². The Bertz CT molecular complexity index is 3510. The summed E-state index contributed by atoms with van der Waals surface area (Å²) < 4.78 is 63.0. The molecule has 7 N–H and O–H groups in total. The number of benzene rings is 7. The van der Waals surface area contributed by atoms with E-state index in [9.17, 15) is 27.0 Å². The number of nitrogens with one attached hydrogen (secondary N) is 5. The molecule has 9 rings (SSSR count). The van der Waals surface area contributed by atoms with Crippen molar-refractivity contribution >= 4 is 111 Å². The molecular weight excluding hydrogens is 1100 g/mol. The first-order valence-electron chi connectivity index (χ1n) is 22.7. The highest BCUT2D eigenvalue weighted by Crippen LogP contribution is 2.31. The molecule has 0 saturated carbocycles. The fourth-order valence-corrected chi connectivity index (χ4v) is 9.80. The summed E-state index contributed by atoms with van der Waals surface area (Å²) in [6.07, 6.45) is 0.414. The van der Waals surface area contributed by atoms with Crippen LogP contribution in [0.4, 0.5) is 11.4 Å². The molecule has 7 aromatic carbocycles. The van der Waals surface area contributed by atoms with Gasteiger partial charge in [0.1, 0.15) is 24.7 Å². The van der Waals surface area contributed by atoms with E-state index >= 15 is 0 Å². The number of sulfonamides is 2. The molecule has 2 atom stereocenters. The van der Waals surface area contributed by atoms with Gasteiger partial charge < -0.3 is 35.0 Å². The number of aromatic nitrogens is 2. The topological polar surface area (TPSA) is 198 Å². The number of ether oxygens (including phenoxy) is 2. The van der Waals surface area contributed by atoms with Crippen molar-refractivity contribution in [1.82, 2.24) is 20.2 Å². The van der Waals surface area contributed by atoms with Gasteiger partial charge in [0.25, 0.3) is 0 Å². The van der Waals surface area contributed by atoms with Crippen LogP contribution >= 0.6 is 35.6 Å². The Morgan fingerprint density at radius 1 is 0.532 bits per heavy atom. The number of hydrogen-bond donors (Lipinski definition) is 7. The zero-order chi connectivity index (χ0) is 50.1. The van der Waals surface area contributed by atoms with E-state index in [2.05, 4.69) is 53.9 Å². The van der Waals surface area contributed by atoms with Crippen LogP contribution in [0.15, 0.2) is 152 Å². The van der Waals surface area contributed by atoms with Gasteiger partial charge in [-0.05, 0) is 77.4 Å². The van der Waals surface area contributed by atoms with Gasteiger partial charge in [0.05, 0.1) is 57.2 Å². The molecule has 434 valence electrons. The van der Waals surface area contributed by atoms with Crippen molar-refractivity contribution < 1.29 is 36.5 Å². The van der Waals surface area contributed by atoms with Gasteiger partial charge >= 0.3 is 0 Å². The summed E-state index contributed by atoms with van der Waals surface area (Å²) in [6.45, 7) is 3.17. The monoisotopic (exact) mass is 1180 g/mol. The second-order valence-electron chi connectivity index (χ2n) is 17.1. The number of rotatable bonds is 20. The molecule has 0 amide bonds. The summed E-state index contributed by atoms with van der Waals surface area (Å²) in [5.74, 6) is 1.53. The van der Waals surface area contributed by atoms with Gasteiger partial charge in [0, 0.05) is 77.4 Å². The smallest absolute Gasteiger partial charge is 0.229 e. The minimum Gasteiger partial charge on any atom is -0.492 e. The number of aliphatic hydroxyl groups is 2. The van der Waals surface area contributed by atoms with Gasteiger partial charge in [0.2, 0.25) is 20.0 Å². The molecular formula is C60H83Cl3N6O8S2. The molecule has 0 bridgehead atoms. The fraction of sp³-hybridized carbons (Fsp3) is 0.300. The average Bonchev–Trinajstić information content (AvgIpc) is 3.90. The van der Waals surface area contributed by atoms with E-state index in [0.717, 1.165) is 62.4 Å². The molecule has 0 spiro atoms. The second-order valence-corrected chi connectivity index (χ2v) is 21.4. The van der Waals surface area contributed by atoms with Crippen LogP contribution in [-0.2, 0) is 26.6 Å². The van der Waals surface area contributed by atoms with Crippen molar-refractivity contribution in [2.45, 2.75) is 70.7 Å². The maximum absolute atomic E-state index is 11.7. The molecule has 0 aliphatic heterocycles. The Morgan fingerprint density at radius 3 is 1.44 bits per heavy atom. The molecule has 0 unspecified atom stereocenters. The SMILES string of the molecule is C.C.C.C.C.C.C.CS(=O)(=O)Nc1cc([C@@H](O)CN(CCOc2ccc3c(c2)[nH]c2ccccc23)Cc2ccccc2)ccc1Cl.CS(=O)(=O)Nc1cc([C@@H](O)CNCCOc2ccc3c(c2)[nH]c2ccccc23)ccc1Cl.Cl. The molecule has 0 aliphatic rings. The number of aliphatic hydroxyl groups excluding tert-OH is 2. The molecule has 0 aliphatic carbocycles. The van der Waals surface area contributed by atoms with Gasteiger partial charge in [-0.15, -0.1) is 12.4 Å². The van der Waals surface area contributed by atoms with Crippen molar-refractivity contribution in [2.24, 2.45) is 0 Å². The van der Waals surface area contributed by atoms with Gasteiger partial charge in [0.15, 0.2) is 0 Å². The first-order chi connectivity index (χ1) is 34.0. The molecule has 79 heavy (non-hydrogen) atoms. The van der Waals surface area contributed by atoms with Crippen LogP contribution in [-0.4, -0.2) is 93.8 Å². The summed E-state index contributed by atoms with van der Waals surface area (Å²) in [6, 6.07) is 48.0. The van der Waals surface area contributed by atoms with E-state index in [-0.39, 0.29) is 92.4 Å². The quantitative estimate of drug-likeness (QED) is 0.0361. The standard InChI is InChI=1S/C30H30ClN3O4S.C23H24ClN3O4S.7CH4.ClH/c1-39(36,37)33-29-17-22(11-14-26(29)31)30(35)20-34(19-21-7-3-2-4-8-21)15-16-38-23-12-13-25-24-9-5-6-10-27(24)32-28(25)18-23;1-32(29,30)27-22-12-15(6-9-19(22)24)23(28)14-25-10-11-31-16-7-8-18-17-4-2-3-5-20(17)26-21(18)13-16;;;;;;;;/h2-14,17-18,30,32-33,35H,15-16,19-20H2,1H3;2-9,12-13,23,25-28H,10-11,14H2,1H3;7*1H4;1H/t30-;23-;;;;;;;;/m00......../s1. The lowest BCUT2D eigenvalue weighted by Crippen LogP contribution is -2.32. The van der Waals surface area contributed by atoms with Crippen molar-refractivity contribution in [3.05, 3.63) is 178 Å². The van der Waals surface area contributed by atoms with Crippen LogP contribution in [0.2, 0.25) is 10.0 Å². The predicted molar refractivity (Wildman–Crippen MR) is 341 cm³/mol. The van der Waals surface area contributed by atoms with E-state index in [1.54, 1.807) is 30.3 Å². The molecule has 2 aromatic heterocycles. The summed E-state index contributed by atoms with van der Waals surface area (Å²) in [4.78, 5) is 8.95. The van der Waals surface area contributed by atoms with Crippen molar-refractivity contribution in [3.8, 4) is 11.5 Å². The van der Waals surface area contributed by atoms with Crippen LogP contribution in [0.3, 0.4) is 0 Å². The van der Waals surface area contributed by atoms with Crippen molar-refractivity contribution in [3.63, 3.8) is 0 Å². The first-order valence-corrected chi connectivity index (χ1v) is 27.2. The molecule has 0 saturated heterocycles. The van der Waals surface area contributed by atoms with Gasteiger partial charge in [-0.25, -0.2) is 16.8 Å². The van der Waals surface area contributed by atoms with Gasteiger partial charge in [-0.1, -0.05) is 154 Å². The Kier molecular flexibility index (Phi) is 30.4. The van der Waals surface area contributed by atoms with Crippen LogP contribution in [0, 0.1) is 0 Å². The summed E-state index contributed by atoms with van der Waals surface area (Å²) in [5.41, 5.74) is 6.92. The molecule has 9 aromatic rings. The third kappa shape index (κ3) is 20.2.